The van der Waals surface area contributed by atoms with Crippen LogP contribution in [0.4, 0.5) is 4.39 Å². The van der Waals surface area contributed by atoms with Gasteiger partial charge >= 0.3 is 0 Å². The van der Waals surface area contributed by atoms with Crippen LogP contribution in [0.15, 0.2) is 21.8 Å². The van der Waals surface area contributed by atoms with E-state index in [1.807, 2.05) is 0 Å². The Bertz CT molecular complexity index is 403. The molecule has 1 aliphatic rings. The van der Waals surface area contributed by atoms with Gasteiger partial charge in [-0.2, -0.15) is 0 Å². The number of oxime groups is 1. The predicted octanol–water partition coefficient (Wildman–Crippen LogP) is 2.88. The van der Waals surface area contributed by atoms with Gasteiger partial charge in [0.1, 0.15) is 12.9 Å². The van der Waals surface area contributed by atoms with Crippen molar-refractivity contribution < 1.29 is 9.23 Å². The zero-order chi connectivity index (χ0) is 10.1. The highest BCUT2D eigenvalue weighted by atomic mass is 79.9. The summed E-state index contributed by atoms with van der Waals surface area (Å²) in [5.41, 5.74) is 2.86. The molecule has 74 valence electrons. The summed E-state index contributed by atoms with van der Waals surface area (Å²) < 4.78 is 13.7. The first-order chi connectivity index (χ1) is 6.74. The van der Waals surface area contributed by atoms with Crippen molar-refractivity contribution in [1.82, 2.24) is 0 Å². The Morgan fingerprint density at radius 1 is 1.43 bits per heavy atom. The van der Waals surface area contributed by atoms with Gasteiger partial charge in [-0.15, -0.1) is 0 Å². The van der Waals surface area contributed by atoms with E-state index in [4.69, 9.17) is 4.84 Å². The van der Waals surface area contributed by atoms with E-state index in [-0.39, 0.29) is 5.82 Å². The van der Waals surface area contributed by atoms with Gasteiger partial charge < -0.3 is 4.84 Å². The Kier molecular flexibility index (Phi) is 2.54. The number of benzene rings is 1. The smallest absolute Gasteiger partial charge is 0.137 e. The summed E-state index contributed by atoms with van der Waals surface area (Å²) in [5.74, 6) is -0.220. The zero-order valence-electron chi connectivity index (χ0n) is 7.68. The van der Waals surface area contributed by atoms with Crippen molar-refractivity contribution in [3.8, 4) is 0 Å². The molecule has 0 amide bonds. The molecule has 1 aromatic carbocycles. The molecule has 0 unspecified atom stereocenters. The highest BCUT2D eigenvalue weighted by molar-refractivity contribution is 9.10. The van der Waals surface area contributed by atoms with E-state index < -0.39 is 0 Å². The van der Waals surface area contributed by atoms with Crippen LogP contribution in [0.25, 0.3) is 0 Å². The Hall–Kier alpha value is -0.900. The fourth-order valence-electron chi connectivity index (χ4n) is 1.69. The van der Waals surface area contributed by atoms with Crippen LogP contribution < -0.4 is 0 Å². The third-order valence-corrected chi connectivity index (χ3v) is 3.18. The van der Waals surface area contributed by atoms with E-state index in [9.17, 15) is 4.39 Å². The lowest BCUT2D eigenvalue weighted by Crippen LogP contribution is -1.95. The number of hydrogen-bond donors (Lipinski definition) is 0. The van der Waals surface area contributed by atoms with Crippen molar-refractivity contribution in [3.63, 3.8) is 0 Å². The lowest BCUT2D eigenvalue weighted by atomic mass is 10.1. The molecule has 4 heteroatoms. The molecule has 0 fully saturated rings. The van der Waals surface area contributed by atoms with E-state index in [2.05, 4.69) is 21.1 Å². The minimum atomic E-state index is -0.220. The quantitative estimate of drug-likeness (QED) is 0.710. The molecule has 14 heavy (non-hydrogen) atoms. The van der Waals surface area contributed by atoms with Crippen LogP contribution in [0.1, 0.15) is 17.5 Å². The van der Waals surface area contributed by atoms with Crippen molar-refractivity contribution in [2.45, 2.75) is 12.8 Å². The van der Waals surface area contributed by atoms with Gasteiger partial charge in [0.2, 0.25) is 0 Å². The van der Waals surface area contributed by atoms with Gasteiger partial charge in [-0.05, 0) is 46.5 Å². The standard InChI is InChI=1S/C10H9BrFNO/c1-14-13-9-5-3-7-6(9)2-4-8(12)10(7)11/h2,4H,3,5H2,1H3/b13-9+. The Morgan fingerprint density at radius 2 is 2.21 bits per heavy atom. The number of rotatable bonds is 1. The SMILES string of the molecule is CO/N=C1\CCc2c1ccc(F)c2Br. The van der Waals surface area contributed by atoms with Crippen molar-refractivity contribution in [1.29, 1.82) is 0 Å². The molecule has 0 aromatic heterocycles. The molecule has 2 nitrogen and oxygen atoms in total. The fourth-order valence-corrected chi connectivity index (χ4v) is 2.23. The predicted molar refractivity (Wildman–Crippen MR) is 56.0 cm³/mol. The van der Waals surface area contributed by atoms with Gasteiger partial charge in [-0.25, -0.2) is 4.39 Å². The maximum Gasteiger partial charge on any atom is 0.137 e. The van der Waals surface area contributed by atoms with Gasteiger partial charge in [0.25, 0.3) is 0 Å². The molecule has 0 atom stereocenters. The van der Waals surface area contributed by atoms with Gasteiger partial charge in [-0.3, -0.25) is 0 Å². The molecule has 0 aliphatic heterocycles. The van der Waals surface area contributed by atoms with Gasteiger partial charge in [-0.1, -0.05) is 5.16 Å². The number of halogens is 2. The van der Waals surface area contributed by atoms with Crippen LogP contribution in [0, 0.1) is 5.82 Å². The molecule has 0 radical (unpaired) electrons. The third kappa shape index (κ3) is 1.43. The zero-order valence-corrected chi connectivity index (χ0v) is 9.27. The van der Waals surface area contributed by atoms with E-state index in [0.29, 0.717) is 4.47 Å². The van der Waals surface area contributed by atoms with Crippen molar-refractivity contribution in [2.24, 2.45) is 5.16 Å². The van der Waals surface area contributed by atoms with Crippen LogP contribution in [-0.4, -0.2) is 12.8 Å². The summed E-state index contributed by atoms with van der Waals surface area (Å²) in [6, 6.07) is 3.19. The molecule has 0 spiro atoms. The molecule has 0 saturated heterocycles. The maximum atomic E-state index is 13.2. The number of hydrogen-bond acceptors (Lipinski definition) is 2. The highest BCUT2D eigenvalue weighted by Gasteiger charge is 2.22. The molecule has 1 aliphatic carbocycles. The molecule has 0 N–H and O–H groups in total. The van der Waals surface area contributed by atoms with Crippen LogP contribution in [0.3, 0.4) is 0 Å². The minimum absolute atomic E-state index is 0.220. The molecule has 1 aromatic rings. The molecule has 0 heterocycles. The second-order valence-electron chi connectivity index (χ2n) is 3.11. The minimum Gasteiger partial charge on any atom is -0.399 e. The van der Waals surface area contributed by atoms with Gasteiger partial charge in [0.15, 0.2) is 0 Å². The van der Waals surface area contributed by atoms with Crippen LogP contribution >= 0.6 is 15.9 Å². The Morgan fingerprint density at radius 3 is 2.93 bits per heavy atom. The van der Waals surface area contributed by atoms with Crippen molar-refractivity contribution >= 4 is 21.6 Å². The molecule has 0 saturated carbocycles. The summed E-state index contributed by atoms with van der Waals surface area (Å²) in [6.45, 7) is 0. The summed E-state index contributed by atoms with van der Waals surface area (Å²) in [7, 11) is 1.52. The summed E-state index contributed by atoms with van der Waals surface area (Å²) in [6.07, 6.45) is 1.63. The first-order valence-electron chi connectivity index (χ1n) is 4.31. The lowest BCUT2D eigenvalue weighted by molar-refractivity contribution is 0.213. The largest absolute Gasteiger partial charge is 0.399 e. The van der Waals surface area contributed by atoms with E-state index in [0.717, 1.165) is 29.7 Å². The average molecular weight is 258 g/mol. The molecule has 2 rings (SSSR count). The fraction of sp³-hybridized carbons (Fsp3) is 0.300. The van der Waals surface area contributed by atoms with E-state index in [1.54, 1.807) is 6.07 Å². The number of fused-ring (bicyclic) bond motifs is 1. The summed E-state index contributed by atoms with van der Waals surface area (Å²) >= 11 is 3.24. The first kappa shape index (κ1) is 9.65. The van der Waals surface area contributed by atoms with Crippen LogP contribution in [0.2, 0.25) is 0 Å². The van der Waals surface area contributed by atoms with E-state index >= 15 is 0 Å². The lowest BCUT2D eigenvalue weighted by Gasteiger charge is -2.02. The second-order valence-corrected chi connectivity index (χ2v) is 3.90. The van der Waals surface area contributed by atoms with Crippen molar-refractivity contribution in [2.75, 3.05) is 7.11 Å². The van der Waals surface area contributed by atoms with E-state index in [1.165, 1.54) is 13.2 Å². The number of nitrogens with zero attached hydrogens (tertiary/aromatic N) is 1. The normalized spacial score (nSPS) is 17.2. The van der Waals surface area contributed by atoms with Crippen LogP contribution in [0.5, 0.6) is 0 Å². The highest BCUT2D eigenvalue weighted by Crippen LogP contribution is 2.31. The van der Waals surface area contributed by atoms with Crippen LogP contribution in [-0.2, 0) is 11.3 Å². The maximum absolute atomic E-state index is 13.2. The second kappa shape index (κ2) is 3.69. The molecular weight excluding hydrogens is 249 g/mol. The van der Waals surface area contributed by atoms with Gasteiger partial charge in [0.05, 0.1) is 10.2 Å². The first-order valence-corrected chi connectivity index (χ1v) is 5.10. The monoisotopic (exact) mass is 257 g/mol. The third-order valence-electron chi connectivity index (χ3n) is 2.32. The summed E-state index contributed by atoms with van der Waals surface area (Å²) in [5, 5.41) is 3.91. The Labute approximate surface area is 89.9 Å². The molecular formula is C10H9BrFNO. The summed E-state index contributed by atoms with van der Waals surface area (Å²) in [4.78, 5) is 4.73. The topological polar surface area (TPSA) is 21.6 Å². The van der Waals surface area contributed by atoms with Crippen molar-refractivity contribution in [3.05, 3.63) is 33.5 Å². The molecule has 0 bridgehead atoms. The average Bonchev–Trinajstić information content (AvgIpc) is 2.57. The Balaban J connectivity index is 2.53. The van der Waals surface area contributed by atoms with Gasteiger partial charge in [0, 0.05) is 5.56 Å².